The molecule has 19 heavy (non-hydrogen) atoms. The second kappa shape index (κ2) is 4.84. The lowest BCUT2D eigenvalue weighted by Gasteiger charge is -2.27. The fourth-order valence-corrected chi connectivity index (χ4v) is 2.59. The van der Waals surface area contributed by atoms with Crippen LogP contribution in [0.3, 0.4) is 0 Å². The van der Waals surface area contributed by atoms with Crippen molar-refractivity contribution in [1.82, 2.24) is 9.55 Å². The topological polar surface area (TPSA) is 17.8 Å². The lowest BCUT2D eigenvalue weighted by Crippen LogP contribution is -2.24. The average Bonchev–Trinajstić information content (AvgIpc) is 2.80. The fraction of sp³-hybridized carbons (Fsp3) is 0.471. The van der Waals surface area contributed by atoms with E-state index in [2.05, 4.69) is 69.3 Å². The molecule has 1 heterocycles. The molecule has 0 N–H and O–H groups in total. The molecule has 0 radical (unpaired) electrons. The van der Waals surface area contributed by atoms with Crippen LogP contribution in [-0.4, -0.2) is 9.55 Å². The molecule has 2 nitrogen and oxygen atoms in total. The van der Waals surface area contributed by atoms with Crippen LogP contribution >= 0.6 is 0 Å². The maximum atomic E-state index is 4.35. The molecule has 1 aromatic carbocycles. The minimum absolute atomic E-state index is 0.0673. The highest BCUT2D eigenvalue weighted by molar-refractivity contribution is 5.39. The molecule has 2 rings (SSSR count). The zero-order valence-corrected chi connectivity index (χ0v) is 12.9. The minimum Gasteiger partial charge on any atom is -0.329 e. The van der Waals surface area contributed by atoms with Gasteiger partial charge in [-0.2, -0.15) is 0 Å². The van der Waals surface area contributed by atoms with Gasteiger partial charge in [0.25, 0.3) is 0 Å². The molecule has 0 aliphatic rings. The van der Waals surface area contributed by atoms with Crippen LogP contribution in [0.1, 0.15) is 56.0 Å². The summed E-state index contributed by atoms with van der Waals surface area (Å²) in [6.07, 6.45) is 3.94. The normalized spacial score (nSPS) is 13.6. The summed E-state index contributed by atoms with van der Waals surface area (Å²) in [4.78, 5) is 4.35. The van der Waals surface area contributed by atoms with Crippen molar-refractivity contribution in [2.45, 2.75) is 53.0 Å². The minimum atomic E-state index is 0.0673. The Labute approximate surface area is 116 Å². The van der Waals surface area contributed by atoms with Gasteiger partial charge in [0.1, 0.15) is 0 Å². The molecular formula is C17H24N2. The van der Waals surface area contributed by atoms with Gasteiger partial charge in [-0.3, -0.25) is 0 Å². The molecule has 2 heteroatoms. The molecule has 0 saturated heterocycles. The van der Waals surface area contributed by atoms with Crippen molar-refractivity contribution < 1.29 is 0 Å². The molecule has 0 saturated carbocycles. The lowest BCUT2D eigenvalue weighted by molar-refractivity contribution is 0.381. The summed E-state index contributed by atoms with van der Waals surface area (Å²) in [7, 11) is 0. The Hall–Kier alpha value is -1.57. The zero-order chi connectivity index (χ0) is 14.2. The van der Waals surface area contributed by atoms with E-state index in [4.69, 9.17) is 0 Å². The standard InChI is InChI=1S/C17H24N2/c1-12-8-7-9-15(13(12)2)14(3)16-10-18-11-19(16)17(4,5)6/h7-11,14H,1-6H3. The van der Waals surface area contributed by atoms with Crippen molar-refractivity contribution in [2.75, 3.05) is 0 Å². The molecule has 0 amide bonds. The average molecular weight is 256 g/mol. The SMILES string of the molecule is Cc1cccc(C(C)c2cncn2C(C)(C)C)c1C. The van der Waals surface area contributed by atoms with Gasteiger partial charge in [0, 0.05) is 23.3 Å². The second-order valence-electron chi connectivity index (χ2n) is 6.37. The summed E-state index contributed by atoms with van der Waals surface area (Å²) in [6.45, 7) is 13.3. The molecule has 1 atom stereocenters. The summed E-state index contributed by atoms with van der Waals surface area (Å²) in [5.41, 5.74) is 5.48. The number of benzene rings is 1. The van der Waals surface area contributed by atoms with Crippen LogP contribution in [0.15, 0.2) is 30.7 Å². The Kier molecular flexibility index (Phi) is 3.53. The van der Waals surface area contributed by atoms with E-state index in [1.54, 1.807) is 0 Å². The predicted molar refractivity (Wildman–Crippen MR) is 80.7 cm³/mol. The van der Waals surface area contributed by atoms with Crippen molar-refractivity contribution in [2.24, 2.45) is 0 Å². The number of nitrogens with zero attached hydrogens (tertiary/aromatic N) is 2. The molecule has 0 spiro atoms. The third-order valence-electron chi connectivity index (χ3n) is 3.95. The molecule has 0 aliphatic heterocycles. The predicted octanol–water partition coefficient (Wildman–Crippen LogP) is 4.41. The zero-order valence-electron chi connectivity index (χ0n) is 12.9. The van der Waals surface area contributed by atoms with Crippen molar-refractivity contribution in [3.63, 3.8) is 0 Å². The first kappa shape index (κ1) is 13.9. The largest absolute Gasteiger partial charge is 0.329 e. The summed E-state index contributed by atoms with van der Waals surface area (Å²) in [5.74, 6) is 0.363. The van der Waals surface area contributed by atoms with E-state index in [1.807, 2.05) is 12.5 Å². The van der Waals surface area contributed by atoms with E-state index in [9.17, 15) is 0 Å². The van der Waals surface area contributed by atoms with Crippen LogP contribution in [0.4, 0.5) is 0 Å². The van der Waals surface area contributed by atoms with Gasteiger partial charge in [0.05, 0.1) is 6.33 Å². The molecule has 1 unspecified atom stereocenters. The number of imidazole rings is 1. The first-order chi connectivity index (χ1) is 8.82. The van der Waals surface area contributed by atoms with Crippen LogP contribution < -0.4 is 0 Å². The van der Waals surface area contributed by atoms with Crippen LogP contribution in [0.2, 0.25) is 0 Å². The number of aryl methyl sites for hydroxylation is 1. The summed E-state index contributed by atoms with van der Waals surface area (Å²) in [6, 6.07) is 6.55. The molecule has 0 aliphatic carbocycles. The molecular weight excluding hydrogens is 232 g/mol. The maximum Gasteiger partial charge on any atom is 0.0953 e. The fourth-order valence-electron chi connectivity index (χ4n) is 2.59. The van der Waals surface area contributed by atoms with Gasteiger partial charge in [-0.15, -0.1) is 0 Å². The van der Waals surface area contributed by atoms with E-state index in [1.165, 1.54) is 22.4 Å². The van der Waals surface area contributed by atoms with Crippen LogP contribution in [0, 0.1) is 13.8 Å². The van der Waals surface area contributed by atoms with Crippen molar-refractivity contribution >= 4 is 0 Å². The lowest BCUT2D eigenvalue weighted by atomic mass is 9.91. The Morgan fingerprint density at radius 1 is 1.16 bits per heavy atom. The van der Waals surface area contributed by atoms with Gasteiger partial charge < -0.3 is 4.57 Å². The number of hydrogen-bond donors (Lipinski definition) is 0. The van der Waals surface area contributed by atoms with Gasteiger partial charge in [0.15, 0.2) is 0 Å². The van der Waals surface area contributed by atoms with Gasteiger partial charge >= 0.3 is 0 Å². The third-order valence-corrected chi connectivity index (χ3v) is 3.95. The van der Waals surface area contributed by atoms with E-state index in [-0.39, 0.29) is 5.54 Å². The molecule has 102 valence electrons. The number of hydrogen-bond acceptors (Lipinski definition) is 1. The highest BCUT2D eigenvalue weighted by atomic mass is 15.1. The van der Waals surface area contributed by atoms with Crippen LogP contribution in [-0.2, 0) is 5.54 Å². The Morgan fingerprint density at radius 3 is 2.47 bits per heavy atom. The van der Waals surface area contributed by atoms with Gasteiger partial charge in [-0.1, -0.05) is 25.1 Å². The number of rotatable bonds is 2. The van der Waals surface area contributed by atoms with E-state index in [0.29, 0.717) is 5.92 Å². The summed E-state index contributed by atoms with van der Waals surface area (Å²) < 4.78 is 2.28. The van der Waals surface area contributed by atoms with Crippen LogP contribution in [0.25, 0.3) is 0 Å². The number of aromatic nitrogens is 2. The third kappa shape index (κ3) is 2.58. The van der Waals surface area contributed by atoms with E-state index < -0.39 is 0 Å². The monoisotopic (exact) mass is 256 g/mol. The Balaban J connectivity index is 2.48. The first-order valence-corrected chi connectivity index (χ1v) is 6.91. The molecule has 2 aromatic rings. The Morgan fingerprint density at radius 2 is 1.84 bits per heavy atom. The highest BCUT2D eigenvalue weighted by Crippen LogP contribution is 2.30. The summed E-state index contributed by atoms with van der Waals surface area (Å²) in [5, 5.41) is 0. The first-order valence-electron chi connectivity index (χ1n) is 6.91. The van der Waals surface area contributed by atoms with Crippen molar-refractivity contribution in [3.05, 3.63) is 53.1 Å². The molecule has 0 fully saturated rings. The summed E-state index contributed by atoms with van der Waals surface area (Å²) >= 11 is 0. The Bertz CT molecular complexity index is 573. The second-order valence-corrected chi connectivity index (χ2v) is 6.37. The quantitative estimate of drug-likeness (QED) is 0.778. The molecule has 1 aromatic heterocycles. The van der Waals surface area contributed by atoms with Gasteiger partial charge in [-0.25, -0.2) is 4.98 Å². The van der Waals surface area contributed by atoms with Crippen molar-refractivity contribution in [1.29, 1.82) is 0 Å². The van der Waals surface area contributed by atoms with E-state index >= 15 is 0 Å². The van der Waals surface area contributed by atoms with E-state index in [0.717, 1.165) is 0 Å². The molecule has 0 bridgehead atoms. The van der Waals surface area contributed by atoms with Gasteiger partial charge in [-0.05, 0) is 51.3 Å². The van der Waals surface area contributed by atoms with Gasteiger partial charge in [0.2, 0.25) is 0 Å². The smallest absolute Gasteiger partial charge is 0.0953 e. The maximum absolute atomic E-state index is 4.35. The van der Waals surface area contributed by atoms with Crippen LogP contribution in [0.5, 0.6) is 0 Å². The highest BCUT2D eigenvalue weighted by Gasteiger charge is 2.21. The van der Waals surface area contributed by atoms with Crippen molar-refractivity contribution in [3.8, 4) is 0 Å².